The van der Waals surface area contributed by atoms with Gasteiger partial charge in [0, 0.05) is 50.9 Å². The number of ether oxygens (including phenoxy) is 1. The second-order valence-corrected chi connectivity index (χ2v) is 9.25. The van der Waals surface area contributed by atoms with Crippen molar-refractivity contribution in [2.24, 2.45) is 5.41 Å². The standard InChI is InChI=1S/C23H30N4O4/c28-20-4-3-18(21(29)26-20)27-14-16-11-15(1-2-17(16)22(27)30)12-25-19-13-24-8-5-23(19)6-9-31-10-7-23/h1-2,11,18-19,24-25H,3-10,12-14H2,(H,26,28,29). The number of piperidine rings is 2. The quantitative estimate of drug-likeness (QED) is 0.613. The minimum atomic E-state index is -0.569. The van der Waals surface area contributed by atoms with Crippen LogP contribution in [0.4, 0.5) is 0 Å². The second-order valence-electron chi connectivity index (χ2n) is 9.25. The summed E-state index contributed by atoms with van der Waals surface area (Å²) >= 11 is 0. The fourth-order valence-corrected chi connectivity index (χ4v) is 5.62. The second kappa shape index (κ2) is 8.33. The molecule has 166 valence electrons. The van der Waals surface area contributed by atoms with Crippen molar-refractivity contribution in [1.29, 1.82) is 0 Å². The Balaban J connectivity index is 1.26. The number of nitrogens with one attached hydrogen (secondary N) is 3. The number of benzene rings is 1. The molecule has 4 aliphatic heterocycles. The highest BCUT2D eigenvalue weighted by atomic mass is 16.5. The van der Waals surface area contributed by atoms with Gasteiger partial charge in [-0.1, -0.05) is 12.1 Å². The molecule has 1 aromatic rings. The van der Waals surface area contributed by atoms with Crippen LogP contribution in [0.2, 0.25) is 0 Å². The number of hydrogen-bond acceptors (Lipinski definition) is 6. The molecule has 0 bridgehead atoms. The summed E-state index contributed by atoms with van der Waals surface area (Å²) in [5.74, 6) is -0.759. The van der Waals surface area contributed by atoms with Gasteiger partial charge in [-0.15, -0.1) is 0 Å². The van der Waals surface area contributed by atoms with E-state index >= 15 is 0 Å². The smallest absolute Gasteiger partial charge is 0.255 e. The third-order valence-corrected chi connectivity index (χ3v) is 7.52. The molecule has 3 saturated heterocycles. The number of imide groups is 1. The zero-order valence-electron chi connectivity index (χ0n) is 17.7. The van der Waals surface area contributed by atoms with E-state index in [0.717, 1.165) is 56.8 Å². The number of fused-ring (bicyclic) bond motifs is 1. The normalized spacial score (nSPS) is 28.0. The summed E-state index contributed by atoms with van der Waals surface area (Å²) in [7, 11) is 0. The van der Waals surface area contributed by atoms with E-state index < -0.39 is 6.04 Å². The van der Waals surface area contributed by atoms with Crippen molar-refractivity contribution in [3.05, 3.63) is 34.9 Å². The van der Waals surface area contributed by atoms with Crippen molar-refractivity contribution < 1.29 is 19.1 Å². The maximum absolute atomic E-state index is 12.9. The monoisotopic (exact) mass is 426 g/mol. The van der Waals surface area contributed by atoms with E-state index in [1.807, 2.05) is 12.1 Å². The molecular formula is C23H30N4O4. The highest BCUT2D eigenvalue weighted by Gasteiger charge is 2.42. The van der Waals surface area contributed by atoms with Crippen LogP contribution in [0.15, 0.2) is 18.2 Å². The van der Waals surface area contributed by atoms with E-state index in [-0.39, 0.29) is 24.1 Å². The Kier molecular flexibility index (Phi) is 5.54. The molecule has 1 spiro atoms. The third-order valence-electron chi connectivity index (χ3n) is 7.52. The van der Waals surface area contributed by atoms with Crippen molar-refractivity contribution in [3.63, 3.8) is 0 Å². The maximum Gasteiger partial charge on any atom is 0.255 e. The molecule has 0 radical (unpaired) electrons. The predicted molar refractivity (Wildman–Crippen MR) is 113 cm³/mol. The molecule has 8 nitrogen and oxygen atoms in total. The Bertz CT molecular complexity index is 887. The number of hydrogen-bond donors (Lipinski definition) is 3. The van der Waals surface area contributed by atoms with Crippen LogP contribution < -0.4 is 16.0 Å². The Hall–Kier alpha value is -2.29. The van der Waals surface area contributed by atoms with Gasteiger partial charge in [0.25, 0.3) is 5.91 Å². The average molecular weight is 427 g/mol. The summed E-state index contributed by atoms with van der Waals surface area (Å²) < 4.78 is 5.61. The van der Waals surface area contributed by atoms with E-state index in [1.165, 1.54) is 6.42 Å². The lowest BCUT2D eigenvalue weighted by Gasteiger charge is -2.47. The SMILES string of the molecule is O=C1CCC(N2Cc3cc(CNC4CNCCC45CCOCC5)ccc3C2=O)C(=O)N1. The van der Waals surface area contributed by atoms with Crippen LogP contribution in [-0.2, 0) is 27.4 Å². The first kappa shape index (κ1) is 20.6. The van der Waals surface area contributed by atoms with Gasteiger partial charge in [-0.3, -0.25) is 19.7 Å². The maximum atomic E-state index is 12.9. The first-order valence-corrected chi connectivity index (χ1v) is 11.3. The molecule has 4 heterocycles. The van der Waals surface area contributed by atoms with Gasteiger partial charge >= 0.3 is 0 Å². The molecule has 8 heteroatoms. The summed E-state index contributed by atoms with van der Waals surface area (Å²) in [6.07, 6.45) is 4.04. The molecule has 2 atom stereocenters. The Morgan fingerprint density at radius 2 is 2.00 bits per heavy atom. The third kappa shape index (κ3) is 3.88. The molecule has 0 saturated carbocycles. The number of nitrogens with zero attached hydrogens (tertiary/aromatic N) is 1. The van der Waals surface area contributed by atoms with Gasteiger partial charge in [-0.2, -0.15) is 0 Å². The van der Waals surface area contributed by atoms with E-state index in [4.69, 9.17) is 4.74 Å². The Labute approximate surface area is 182 Å². The van der Waals surface area contributed by atoms with Crippen LogP contribution in [0, 0.1) is 5.41 Å². The number of rotatable bonds is 4. The number of carbonyl (C=O) groups is 3. The fraction of sp³-hybridized carbons (Fsp3) is 0.609. The van der Waals surface area contributed by atoms with Crippen molar-refractivity contribution in [1.82, 2.24) is 20.9 Å². The van der Waals surface area contributed by atoms with Gasteiger partial charge < -0.3 is 20.3 Å². The van der Waals surface area contributed by atoms with E-state index in [1.54, 1.807) is 4.90 Å². The van der Waals surface area contributed by atoms with Gasteiger partial charge in [-0.05, 0) is 54.8 Å². The summed E-state index contributed by atoms with van der Waals surface area (Å²) in [6.45, 7) is 4.88. The Morgan fingerprint density at radius 1 is 1.16 bits per heavy atom. The van der Waals surface area contributed by atoms with Crippen molar-refractivity contribution >= 4 is 17.7 Å². The van der Waals surface area contributed by atoms with E-state index in [0.29, 0.717) is 30.0 Å². The first-order valence-electron chi connectivity index (χ1n) is 11.3. The van der Waals surface area contributed by atoms with Crippen LogP contribution in [0.25, 0.3) is 0 Å². The van der Waals surface area contributed by atoms with Crippen molar-refractivity contribution in [2.45, 2.75) is 57.3 Å². The lowest BCUT2D eigenvalue weighted by atomic mass is 9.69. The number of carbonyl (C=O) groups excluding carboxylic acids is 3. The largest absolute Gasteiger partial charge is 0.381 e. The van der Waals surface area contributed by atoms with Crippen molar-refractivity contribution in [2.75, 3.05) is 26.3 Å². The van der Waals surface area contributed by atoms with Crippen LogP contribution in [0.1, 0.15) is 53.6 Å². The van der Waals surface area contributed by atoms with E-state index in [2.05, 4.69) is 22.0 Å². The number of amides is 3. The molecule has 3 N–H and O–H groups in total. The van der Waals surface area contributed by atoms with Gasteiger partial charge in [0.1, 0.15) is 6.04 Å². The van der Waals surface area contributed by atoms with Gasteiger partial charge in [0.2, 0.25) is 11.8 Å². The van der Waals surface area contributed by atoms with Crippen LogP contribution in [0.5, 0.6) is 0 Å². The zero-order valence-corrected chi connectivity index (χ0v) is 17.7. The van der Waals surface area contributed by atoms with Crippen molar-refractivity contribution in [3.8, 4) is 0 Å². The molecule has 0 aliphatic carbocycles. The molecule has 4 aliphatic rings. The fourth-order valence-electron chi connectivity index (χ4n) is 5.62. The molecule has 2 unspecified atom stereocenters. The molecule has 5 rings (SSSR count). The summed E-state index contributed by atoms with van der Waals surface area (Å²) in [6, 6.07) is 5.80. The summed E-state index contributed by atoms with van der Waals surface area (Å²) in [5, 5.41) is 9.65. The highest BCUT2D eigenvalue weighted by Crippen LogP contribution is 2.39. The van der Waals surface area contributed by atoms with Gasteiger partial charge in [-0.25, -0.2) is 0 Å². The lowest BCUT2D eigenvalue weighted by molar-refractivity contribution is -0.136. The molecule has 31 heavy (non-hydrogen) atoms. The molecule has 3 fully saturated rings. The predicted octanol–water partition coefficient (Wildman–Crippen LogP) is 0.696. The summed E-state index contributed by atoms with van der Waals surface area (Å²) in [4.78, 5) is 38.1. The molecule has 3 amide bonds. The minimum Gasteiger partial charge on any atom is -0.381 e. The first-order chi connectivity index (χ1) is 15.1. The van der Waals surface area contributed by atoms with Gasteiger partial charge in [0.05, 0.1) is 0 Å². The topological polar surface area (TPSA) is 99.8 Å². The molecule has 0 aromatic heterocycles. The minimum absolute atomic E-state index is 0.123. The van der Waals surface area contributed by atoms with Crippen LogP contribution in [-0.4, -0.2) is 61.0 Å². The van der Waals surface area contributed by atoms with Crippen LogP contribution in [0.3, 0.4) is 0 Å². The van der Waals surface area contributed by atoms with E-state index in [9.17, 15) is 14.4 Å². The highest BCUT2D eigenvalue weighted by molar-refractivity contribution is 6.05. The Morgan fingerprint density at radius 3 is 2.81 bits per heavy atom. The average Bonchev–Trinajstić information content (AvgIpc) is 3.09. The van der Waals surface area contributed by atoms with Gasteiger partial charge in [0.15, 0.2) is 0 Å². The lowest BCUT2D eigenvalue weighted by Crippen LogP contribution is -2.57. The summed E-state index contributed by atoms with van der Waals surface area (Å²) in [5.41, 5.74) is 3.06. The van der Waals surface area contributed by atoms with Crippen LogP contribution >= 0.6 is 0 Å². The zero-order chi connectivity index (χ0) is 21.4. The molecular weight excluding hydrogens is 396 g/mol. The molecule has 1 aromatic carbocycles.